The summed E-state index contributed by atoms with van der Waals surface area (Å²) >= 11 is 0. The summed E-state index contributed by atoms with van der Waals surface area (Å²) in [5.41, 5.74) is 1.54. The van der Waals surface area contributed by atoms with Crippen molar-refractivity contribution in [2.24, 2.45) is 0 Å². The van der Waals surface area contributed by atoms with E-state index in [0.717, 1.165) is 25.1 Å². The molecule has 0 bridgehead atoms. The molecule has 22 heavy (non-hydrogen) atoms. The first kappa shape index (κ1) is 14.6. The third kappa shape index (κ3) is 3.28. The molecular weight excluding hydrogens is 280 g/mol. The fraction of sp³-hybridized carbons (Fsp3) is 0.375. The average Bonchev–Trinajstić information content (AvgIpc) is 3.21. The number of hydrogen-bond donors (Lipinski definition) is 2. The van der Waals surface area contributed by atoms with Crippen LogP contribution in [0, 0.1) is 0 Å². The number of amides is 2. The fourth-order valence-electron chi connectivity index (χ4n) is 2.65. The van der Waals surface area contributed by atoms with Crippen LogP contribution in [0.4, 0.5) is 10.5 Å². The van der Waals surface area contributed by atoms with Gasteiger partial charge in [-0.2, -0.15) is 5.10 Å². The molecule has 2 heterocycles. The zero-order valence-electron chi connectivity index (χ0n) is 12.5. The molecule has 1 aromatic heterocycles. The largest absolute Gasteiger partial charge is 0.376 e. The first-order valence-corrected chi connectivity index (χ1v) is 7.52. The number of nitrogens with one attached hydrogen (secondary N) is 2. The second-order valence-corrected chi connectivity index (χ2v) is 5.41. The number of carbonyl (C=O) groups excluding carboxylic acids is 1. The van der Waals surface area contributed by atoms with E-state index in [9.17, 15) is 4.79 Å². The number of ether oxygens (including phenoxy) is 1. The average molecular weight is 300 g/mol. The van der Waals surface area contributed by atoms with Gasteiger partial charge in [0, 0.05) is 19.0 Å². The molecule has 3 rings (SSSR count). The first-order valence-electron chi connectivity index (χ1n) is 7.52. The second kappa shape index (κ2) is 6.62. The number of carbonyl (C=O) groups is 1. The Morgan fingerprint density at radius 1 is 1.41 bits per heavy atom. The van der Waals surface area contributed by atoms with Crippen LogP contribution in [-0.4, -0.2) is 34.6 Å². The third-order valence-corrected chi connectivity index (χ3v) is 3.78. The maximum Gasteiger partial charge on any atom is 0.319 e. The zero-order valence-corrected chi connectivity index (χ0v) is 12.5. The summed E-state index contributed by atoms with van der Waals surface area (Å²) in [5, 5.41) is 10.0. The minimum Gasteiger partial charge on any atom is -0.376 e. The van der Waals surface area contributed by atoms with Crippen LogP contribution in [0.1, 0.15) is 19.8 Å². The molecule has 1 fully saturated rings. The number of nitrogens with zero attached hydrogens (tertiary/aromatic N) is 2. The summed E-state index contributed by atoms with van der Waals surface area (Å²) in [6.07, 6.45) is 5.70. The van der Waals surface area contributed by atoms with Crippen LogP contribution in [0.15, 0.2) is 42.7 Å². The Kier molecular flexibility index (Phi) is 4.39. The van der Waals surface area contributed by atoms with Gasteiger partial charge >= 0.3 is 6.03 Å². The van der Waals surface area contributed by atoms with Crippen LogP contribution in [0.2, 0.25) is 0 Å². The van der Waals surface area contributed by atoms with Crippen molar-refractivity contribution in [2.45, 2.75) is 31.9 Å². The van der Waals surface area contributed by atoms with Gasteiger partial charge in [0.05, 0.1) is 23.5 Å². The van der Waals surface area contributed by atoms with E-state index in [1.54, 1.807) is 10.9 Å². The summed E-state index contributed by atoms with van der Waals surface area (Å²) in [6, 6.07) is 9.15. The van der Waals surface area contributed by atoms with E-state index in [-0.39, 0.29) is 18.2 Å². The predicted molar refractivity (Wildman–Crippen MR) is 84.2 cm³/mol. The highest BCUT2D eigenvalue weighted by Crippen LogP contribution is 2.19. The maximum atomic E-state index is 12.2. The summed E-state index contributed by atoms with van der Waals surface area (Å²) in [4.78, 5) is 12.2. The van der Waals surface area contributed by atoms with Crippen LogP contribution in [-0.2, 0) is 4.74 Å². The molecule has 0 radical (unpaired) electrons. The van der Waals surface area contributed by atoms with Crippen molar-refractivity contribution in [3.8, 4) is 5.69 Å². The van der Waals surface area contributed by atoms with E-state index in [2.05, 4.69) is 15.7 Å². The molecule has 0 aliphatic carbocycles. The molecule has 2 N–H and O–H groups in total. The Labute approximate surface area is 129 Å². The molecule has 1 aliphatic heterocycles. The normalized spacial score (nSPS) is 18.9. The highest BCUT2D eigenvalue weighted by Gasteiger charge is 2.23. The summed E-state index contributed by atoms with van der Waals surface area (Å²) < 4.78 is 7.31. The predicted octanol–water partition coefficient (Wildman–Crippen LogP) is 2.56. The monoisotopic (exact) mass is 300 g/mol. The van der Waals surface area contributed by atoms with Crippen molar-refractivity contribution in [1.29, 1.82) is 0 Å². The van der Waals surface area contributed by atoms with Crippen molar-refractivity contribution >= 4 is 11.7 Å². The van der Waals surface area contributed by atoms with Gasteiger partial charge in [-0.1, -0.05) is 12.1 Å². The summed E-state index contributed by atoms with van der Waals surface area (Å²) in [7, 11) is 0. The van der Waals surface area contributed by atoms with Gasteiger partial charge < -0.3 is 15.4 Å². The van der Waals surface area contributed by atoms with Gasteiger partial charge in [-0.3, -0.25) is 0 Å². The number of hydrogen-bond acceptors (Lipinski definition) is 3. The topological polar surface area (TPSA) is 68.2 Å². The van der Waals surface area contributed by atoms with E-state index >= 15 is 0 Å². The van der Waals surface area contributed by atoms with Crippen LogP contribution in [0.3, 0.4) is 0 Å². The van der Waals surface area contributed by atoms with Gasteiger partial charge in [0.25, 0.3) is 0 Å². The van der Waals surface area contributed by atoms with Crippen molar-refractivity contribution in [3.05, 3.63) is 42.7 Å². The van der Waals surface area contributed by atoms with Gasteiger partial charge in [-0.05, 0) is 38.0 Å². The van der Waals surface area contributed by atoms with E-state index in [0.29, 0.717) is 5.69 Å². The number of anilines is 1. The van der Waals surface area contributed by atoms with Crippen molar-refractivity contribution < 1.29 is 9.53 Å². The molecule has 116 valence electrons. The smallest absolute Gasteiger partial charge is 0.319 e. The molecule has 2 atom stereocenters. The quantitative estimate of drug-likeness (QED) is 0.912. The Hall–Kier alpha value is -2.34. The molecular formula is C16H20N4O2. The number of benzene rings is 1. The van der Waals surface area contributed by atoms with E-state index in [1.165, 1.54) is 0 Å². The van der Waals surface area contributed by atoms with Gasteiger partial charge in [-0.15, -0.1) is 0 Å². The Morgan fingerprint density at radius 2 is 2.27 bits per heavy atom. The lowest BCUT2D eigenvalue weighted by atomic mass is 10.1. The molecule has 0 saturated carbocycles. The number of rotatable bonds is 4. The highest BCUT2D eigenvalue weighted by molar-refractivity contribution is 5.91. The minimum absolute atomic E-state index is 0.0145. The molecule has 1 aromatic carbocycles. The Bertz CT molecular complexity index is 621. The Balaban J connectivity index is 1.66. The van der Waals surface area contributed by atoms with Gasteiger partial charge in [0.15, 0.2) is 0 Å². The van der Waals surface area contributed by atoms with Crippen molar-refractivity contribution in [3.63, 3.8) is 0 Å². The molecule has 0 unspecified atom stereocenters. The molecule has 2 amide bonds. The van der Waals surface area contributed by atoms with Crippen LogP contribution < -0.4 is 10.6 Å². The second-order valence-electron chi connectivity index (χ2n) is 5.41. The van der Waals surface area contributed by atoms with Crippen molar-refractivity contribution in [1.82, 2.24) is 15.1 Å². The SMILES string of the molecule is C[C@@H](NC(=O)Nc1ccccc1-n1cccn1)[C@H]1CCCO1. The minimum atomic E-state index is -0.234. The number of aromatic nitrogens is 2. The number of para-hydroxylation sites is 2. The molecule has 6 nitrogen and oxygen atoms in total. The molecule has 1 saturated heterocycles. The lowest BCUT2D eigenvalue weighted by Crippen LogP contribution is -2.43. The fourth-order valence-corrected chi connectivity index (χ4v) is 2.65. The van der Waals surface area contributed by atoms with E-state index in [1.807, 2.05) is 43.5 Å². The van der Waals surface area contributed by atoms with Gasteiger partial charge in [-0.25, -0.2) is 9.48 Å². The van der Waals surface area contributed by atoms with E-state index in [4.69, 9.17) is 4.74 Å². The van der Waals surface area contributed by atoms with Crippen molar-refractivity contribution in [2.75, 3.05) is 11.9 Å². The van der Waals surface area contributed by atoms with Gasteiger partial charge in [0.2, 0.25) is 0 Å². The van der Waals surface area contributed by atoms with Gasteiger partial charge in [0.1, 0.15) is 0 Å². The maximum absolute atomic E-state index is 12.2. The molecule has 6 heteroatoms. The standard InChI is InChI=1S/C16H20N4O2/c1-12(15-8-4-11-22-15)18-16(21)19-13-6-2-3-7-14(13)20-10-5-9-17-20/h2-3,5-7,9-10,12,15H,4,8,11H2,1H3,(H2,18,19,21)/t12-,15-/m1/s1. The lowest BCUT2D eigenvalue weighted by Gasteiger charge is -2.20. The lowest BCUT2D eigenvalue weighted by molar-refractivity contribution is 0.0868. The van der Waals surface area contributed by atoms with Crippen LogP contribution in [0.25, 0.3) is 5.69 Å². The molecule has 1 aliphatic rings. The molecule has 2 aromatic rings. The summed E-state index contributed by atoms with van der Waals surface area (Å²) in [6.45, 7) is 2.75. The van der Waals surface area contributed by atoms with E-state index < -0.39 is 0 Å². The first-order chi connectivity index (χ1) is 10.7. The van der Waals surface area contributed by atoms with Crippen LogP contribution in [0.5, 0.6) is 0 Å². The van der Waals surface area contributed by atoms with Crippen LogP contribution >= 0.6 is 0 Å². The Morgan fingerprint density at radius 3 is 3.00 bits per heavy atom. The summed E-state index contributed by atoms with van der Waals surface area (Å²) in [5.74, 6) is 0. The molecule has 0 spiro atoms. The highest BCUT2D eigenvalue weighted by atomic mass is 16.5. The number of urea groups is 1. The third-order valence-electron chi connectivity index (χ3n) is 3.78. The zero-order chi connectivity index (χ0) is 15.4.